The van der Waals surface area contributed by atoms with E-state index in [-0.39, 0.29) is 27.6 Å². The number of aromatic nitrogens is 2. The van der Waals surface area contributed by atoms with Crippen LogP contribution < -0.4 is 5.56 Å². The van der Waals surface area contributed by atoms with E-state index in [4.69, 9.17) is 16.3 Å². The molecule has 0 radical (unpaired) electrons. The maximum atomic E-state index is 12.3. The lowest BCUT2D eigenvalue weighted by Crippen LogP contribution is -2.16. The number of hydrogen-bond acceptors (Lipinski definition) is 7. The van der Waals surface area contributed by atoms with Crippen LogP contribution in [0.4, 0.5) is 0 Å². The highest BCUT2D eigenvalue weighted by Gasteiger charge is 2.17. The van der Waals surface area contributed by atoms with E-state index in [0.717, 1.165) is 18.0 Å². The molecule has 7 nitrogen and oxygen atoms in total. The van der Waals surface area contributed by atoms with Crippen molar-refractivity contribution in [3.8, 4) is 0 Å². The summed E-state index contributed by atoms with van der Waals surface area (Å²) in [6, 6.07) is 5.08. The van der Waals surface area contributed by atoms with E-state index in [0.29, 0.717) is 10.7 Å². The number of hydrogen-bond donors (Lipinski definition) is 0. The quantitative estimate of drug-likeness (QED) is 0.611. The molecule has 0 aliphatic heterocycles. The van der Waals surface area contributed by atoms with Gasteiger partial charge in [-0.2, -0.15) is 0 Å². The number of ether oxygens (including phenoxy) is 1. The van der Waals surface area contributed by atoms with E-state index in [9.17, 15) is 18.0 Å². The van der Waals surface area contributed by atoms with Gasteiger partial charge in [0.05, 0.1) is 21.2 Å². The summed E-state index contributed by atoms with van der Waals surface area (Å²) in [5.74, 6) is -0.801. The van der Waals surface area contributed by atoms with Crippen LogP contribution in [-0.2, 0) is 21.2 Å². The van der Waals surface area contributed by atoms with Crippen LogP contribution in [0.3, 0.4) is 0 Å². The van der Waals surface area contributed by atoms with Gasteiger partial charge in [0.25, 0.3) is 5.56 Å². The minimum Gasteiger partial charge on any atom is -0.456 e. The van der Waals surface area contributed by atoms with Crippen molar-refractivity contribution < 1.29 is 17.9 Å². The normalized spacial score (nSPS) is 11.7. The number of thiazole rings is 1. The Morgan fingerprint density at radius 2 is 2.08 bits per heavy atom. The SMILES string of the molecule is Cc1csc2nc(COC(=O)c3cc(S(C)(=O)=O)ccc3Cl)cc(=O)n12. The zero-order valence-electron chi connectivity index (χ0n) is 13.7. The van der Waals surface area contributed by atoms with Gasteiger partial charge in [0, 0.05) is 23.4 Å². The largest absolute Gasteiger partial charge is 0.456 e. The molecule has 0 bridgehead atoms. The minimum absolute atomic E-state index is 0.0410. The first kappa shape index (κ1) is 18.6. The highest BCUT2D eigenvalue weighted by Crippen LogP contribution is 2.22. The van der Waals surface area contributed by atoms with Gasteiger partial charge in [-0.3, -0.25) is 9.20 Å². The third-order valence-electron chi connectivity index (χ3n) is 3.57. The van der Waals surface area contributed by atoms with Crippen molar-refractivity contribution in [3.63, 3.8) is 0 Å². The second-order valence-electron chi connectivity index (χ2n) is 5.57. The van der Waals surface area contributed by atoms with Gasteiger partial charge in [-0.15, -0.1) is 11.3 Å². The average molecular weight is 413 g/mol. The molecule has 0 fully saturated rings. The van der Waals surface area contributed by atoms with Crippen molar-refractivity contribution in [1.29, 1.82) is 0 Å². The number of aryl methyl sites for hydroxylation is 1. The summed E-state index contributed by atoms with van der Waals surface area (Å²) in [6.45, 7) is 1.56. The maximum absolute atomic E-state index is 12.3. The van der Waals surface area contributed by atoms with E-state index in [2.05, 4.69) is 4.98 Å². The molecule has 0 atom stereocenters. The van der Waals surface area contributed by atoms with E-state index < -0.39 is 15.8 Å². The van der Waals surface area contributed by atoms with Crippen LogP contribution in [0.15, 0.2) is 39.3 Å². The van der Waals surface area contributed by atoms with Crippen molar-refractivity contribution >= 4 is 43.7 Å². The summed E-state index contributed by atoms with van der Waals surface area (Å²) in [6.07, 6.45) is 1.03. The zero-order chi connectivity index (χ0) is 19.1. The lowest BCUT2D eigenvalue weighted by molar-refractivity contribution is 0.0467. The molecular formula is C16H13ClN2O5S2. The standard InChI is InChI=1S/C16H13ClN2O5S2/c1-9-8-25-16-18-10(5-14(20)19(9)16)7-24-15(21)12-6-11(26(2,22)23)3-4-13(12)17/h3-6,8H,7H2,1-2H3. The van der Waals surface area contributed by atoms with Crippen LogP contribution in [0, 0.1) is 6.92 Å². The second-order valence-corrected chi connectivity index (χ2v) is 8.83. The molecule has 26 heavy (non-hydrogen) atoms. The van der Waals surface area contributed by atoms with Crippen LogP contribution in [0.25, 0.3) is 4.96 Å². The molecule has 1 aromatic carbocycles. The first-order valence-electron chi connectivity index (χ1n) is 7.30. The van der Waals surface area contributed by atoms with Crippen molar-refractivity contribution in [2.75, 3.05) is 6.26 Å². The second kappa shape index (κ2) is 6.82. The van der Waals surface area contributed by atoms with E-state index in [1.807, 2.05) is 0 Å². The first-order valence-corrected chi connectivity index (χ1v) is 10.5. The average Bonchev–Trinajstić information content (AvgIpc) is 2.93. The first-order chi connectivity index (χ1) is 12.2. The molecule has 0 saturated carbocycles. The number of nitrogens with zero attached hydrogens (tertiary/aromatic N) is 2. The van der Waals surface area contributed by atoms with Gasteiger partial charge in [-0.05, 0) is 25.1 Å². The van der Waals surface area contributed by atoms with Gasteiger partial charge >= 0.3 is 5.97 Å². The predicted octanol–water partition coefficient (Wildman–Crippen LogP) is 2.48. The van der Waals surface area contributed by atoms with Crippen LogP contribution in [0.5, 0.6) is 0 Å². The molecule has 0 aliphatic rings. The topological polar surface area (TPSA) is 94.8 Å². The Morgan fingerprint density at radius 1 is 1.35 bits per heavy atom. The molecule has 10 heteroatoms. The molecule has 2 heterocycles. The highest BCUT2D eigenvalue weighted by atomic mass is 35.5. The van der Waals surface area contributed by atoms with E-state index >= 15 is 0 Å². The van der Waals surface area contributed by atoms with Crippen LogP contribution in [0.2, 0.25) is 5.02 Å². The monoisotopic (exact) mass is 412 g/mol. The number of carbonyl (C=O) groups is 1. The Morgan fingerprint density at radius 3 is 2.77 bits per heavy atom. The van der Waals surface area contributed by atoms with Crippen molar-refractivity contribution in [3.05, 3.63) is 62.0 Å². The van der Waals surface area contributed by atoms with Crippen LogP contribution in [-0.4, -0.2) is 30.0 Å². The Labute approximate surface area is 157 Å². The number of carbonyl (C=O) groups excluding carboxylic acids is 1. The van der Waals surface area contributed by atoms with Crippen molar-refractivity contribution in [2.45, 2.75) is 18.4 Å². The predicted molar refractivity (Wildman–Crippen MR) is 97.8 cm³/mol. The summed E-state index contributed by atoms with van der Waals surface area (Å²) in [5.41, 5.74) is 0.729. The third-order valence-corrected chi connectivity index (χ3v) is 5.95. The van der Waals surface area contributed by atoms with Gasteiger partial charge in [0.1, 0.15) is 6.61 Å². The molecule has 0 unspecified atom stereocenters. The van der Waals surface area contributed by atoms with Gasteiger partial charge in [0.2, 0.25) is 0 Å². The number of halogens is 1. The fourth-order valence-electron chi connectivity index (χ4n) is 2.28. The summed E-state index contributed by atoms with van der Waals surface area (Å²) in [5, 5.41) is 1.87. The Kier molecular flexibility index (Phi) is 4.87. The van der Waals surface area contributed by atoms with Gasteiger partial charge in [0.15, 0.2) is 14.8 Å². The molecule has 3 aromatic rings. The third kappa shape index (κ3) is 3.64. The molecule has 0 N–H and O–H groups in total. The molecule has 0 saturated heterocycles. The van der Waals surface area contributed by atoms with Gasteiger partial charge in [-0.25, -0.2) is 18.2 Å². The van der Waals surface area contributed by atoms with Crippen molar-refractivity contribution in [1.82, 2.24) is 9.38 Å². The smallest absolute Gasteiger partial charge is 0.340 e. The highest BCUT2D eigenvalue weighted by molar-refractivity contribution is 7.90. The number of benzene rings is 1. The summed E-state index contributed by atoms with van der Waals surface area (Å²) < 4.78 is 29.9. The zero-order valence-corrected chi connectivity index (χ0v) is 16.1. The van der Waals surface area contributed by atoms with Gasteiger partial charge < -0.3 is 4.74 Å². The number of esters is 1. The molecule has 0 spiro atoms. The molecule has 0 aliphatic carbocycles. The lowest BCUT2D eigenvalue weighted by Gasteiger charge is -2.08. The number of sulfone groups is 1. The van der Waals surface area contributed by atoms with Crippen molar-refractivity contribution in [2.24, 2.45) is 0 Å². The number of rotatable bonds is 4. The van der Waals surface area contributed by atoms with Crippen LogP contribution in [0.1, 0.15) is 21.7 Å². The molecular weight excluding hydrogens is 400 g/mol. The summed E-state index contributed by atoms with van der Waals surface area (Å²) in [4.78, 5) is 29.1. The summed E-state index contributed by atoms with van der Waals surface area (Å²) >= 11 is 7.27. The number of fused-ring (bicyclic) bond motifs is 1. The maximum Gasteiger partial charge on any atom is 0.340 e. The van der Waals surface area contributed by atoms with E-state index in [1.54, 1.807) is 12.3 Å². The fraction of sp³-hybridized carbons (Fsp3) is 0.188. The minimum atomic E-state index is -3.49. The van der Waals surface area contributed by atoms with Crippen LogP contribution >= 0.6 is 22.9 Å². The molecule has 136 valence electrons. The Balaban J connectivity index is 1.84. The molecule has 0 amide bonds. The molecule has 3 rings (SSSR count). The fourth-order valence-corrected chi connectivity index (χ4v) is 4.02. The Bertz CT molecular complexity index is 1180. The van der Waals surface area contributed by atoms with Gasteiger partial charge in [-0.1, -0.05) is 11.6 Å². The molecule has 2 aromatic heterocycles. The Hall–Kier alpha value is -2.23. The summed E-state index contributed by atoms with van der Waals surface area (Å²) in [7, 11) is -3.49. The van der Waals surface area contributed by atoms with E-state index in [1.165, 1.54) is 33.9 Å². The lowest BCUT2D eigenvalue weighted by atomic mass is 10.2.